The minimum Gasteiger partial charge on any atom is -0.373 e. The van der Waals surface area contributed by atoms with Gasteiger partial charge in [0.15, 0.2) is 0 Å². The summed E-state index contributed by atoms with van der Waals surface area (Å²) in [6.45, 7) is 14.4. The number of ether oxygens (including phenoxy) is 2. The fraction of sp³-hybridized carbons (Fsp3) is 1.00. The highest BCUT2D eigenvalue weighted by Gasteiger charge is 2.22. The third-order valence-corrected chi connectivity index (χ3v) is 3.98. The van der Waals surface area contributed by atoms with E-state index in [1.54, 1.807) is 0 Å². The van der Waals surface area contributed by atoms with E-state index >= 15 is 0 Å². The summed E-state index contributed by atoms with van der Waals surface area (Å²) in [6.07, 6.45) is 4.23. The van der Waals surface area contributed by atoms with Crippen LogP contribution >= 0.6 is 0 Å². The van der Waals surface area contributed by atoms with Crippen LogP contribution in [-0.4, -0.2) is 24.4 Å². The van der Waals surface area contributed by atoms with Crippen LogP contribution in [-0.2, 0) is 9.47 Å². The van der Waals surface area contributed by atoms with Crippen molar-refractivity contribution in [3.05, 3.63) is 0 Å². The van der Waals surface area contributed by atoms with Crippen LogP contribution in [0.25, 0.3) is 0 Å². The molecule has 0 amide bonds. The molecule has 0 saturated carbocycles. The Kier molecular flexibility index (Phi) is 7.25. The predicted molar refractivity (Wildman–Crippen MR) is 69.9 cm³/mol. The van der Waals surface area contributed by atoms with Crippen molar-refractivity contribution in [3.63, 3.8) is 0 Å². The van der Waals surface area contributed by atoms with Gasteiger partial charge in [-0.25, -0.2) is 0 Å². The van der Waals surface area contributed by atoms with Gasteiger partial charge in [0.05, 0.1) is 24.4 Å². The minimum absolute atomic E-state index is 0.0260. The Morgan fingerprint density at radius 3 is 1.06 bits per heavy atom. The Morgan fingerprint density at radius 2 is 0.875 bits per heavy atom. The van der Waals surface area contributed by atoms with Gasteiger partial charge in [-0.2, -0.15) is 0 Å². The van der Waals surface area contributed by atoms with Crippen molar-refractivity contribution in [1.82, 2.24) is 0 Å². The molecule has 98 valence electrons. The van der Waals surface area contributed by atoms with Crippen LogP contribution in [0.3, 0.4) is 0 Å². The first kappa shape index (κ1) is 15.9. The Balaban J connectivity index is 3.83. The van der Waals surface area contributed by atoms with Crippen LogP contribution in [0.1, 0.15) is 67.2 Å². The molecule has 16 heavy (non-hydrogen) atoms. The summed E-state index contributed by atoms with van der Waals surface area (Å²) in [5, 5.41) is 0. The van der Waals surface area contributed by atoms with Crippen molar-refractivity contribution in [3.8, 4) is 0 Å². The second kappa shape index (κ2) is 7.29. The van der Waals surface area contributed by atoms with Gasteiger partial charge in [0.25, 0.3) is 0 Å². The third kappa shape index (κ3) is 5.31. The second-order valence-corrected chi connectivity index (χ2v) is 5.01. The Bertz CT molecular complexity index is 150. The van der Waals surface area contributed by atoms with Gasteiger partial charge in [-0.3, -0.25) is 0 Å². The lowest BCUT2D eigenvalue weighted by molar-refractivity contribution is -0.0999. The molecule has 0 aromatic heterocycles. The molecule has 0 radical (unpaired) electrons. The first-order valence-corrected chi connectivity index (χ1v) is 6.73. The molecular weight excluding hydrogens is 200 g/mol. The SMILES string of the molecule is CCC(C)(CC)OCCOC(C)(CC)CC. The average Bonchev–Trinajstić information content (AvgIpc) is 2.34. The molecule has 0 rings (SSSR count). The van der Waals surface area contributed by atoms with Gasteiger partial charge in [-0.1, -0.05) is 27.7 Å². The lowest BCUT2D eigenvalue weighted by Crippen LogP contribution is -2.32. The van der Waals surface area contributed by atoms with Gasteiger partial charge in [0.1, 0.15) is 0 Å². The quantitative estimate of drug-likeness (QED) is 0.553. The zero-order valence-electron chi connectivity index (χ0n) is 12.1. The second-order valence-electron chi connectivity index (χ2n) is 5.01. The smallest absolute Gasteiger partial charge is 0.0708 e. The van der Waals surface area contributed by atoms with Gasteiger partial charge < -0.3 is 9.47 Å². The first-order chi connectivity index (χ1) is 7.45. The minimum atomic E-state index is 0.0260. The highest BCUT2D eigenvalue weighted by molar-refractivity contribution is 4.72. The zero-order chi connectivity index (χ0) is 12.7. The van der Waals surface area contributed by atoms with Crippen LogP contribution in [0, 0.1) is 0 Å². The molecule has 0 aromatic carbocycles. The fourth-order valence-electron chi connectivity index (χ4n) is 1.48. The molecular formula is C14H30O2. The standard InChI is InChI=1S/C14H30O2/c1-7-13(5,8-2)15-11-12-16-14(6,9-3)10-4/h7-12H2,1-6H3. The first-order valence-electron chi connectivity index (χ1n) is 6.73. The summed E-state index contributed by atoms with van der Waals surface area (Å²) in [5.74, 6) is 0. The van der Waals surface area contributed by atoms with Gasteiger partial charge >= 0.3 is 0 Å². The van der Waals surface area contributed by atoms with Crippen LogP contribution in [0.2, 0.25) is 0 Å². The maximum atomic E-state index is 5.89. The van der Waals surface area contributed by atoms with Gasteiger partial charge in [0, 0.05) is 0 Å². The number of hydrogen-bond acceptors (Lipinski definition) is 2. The van der Waals surface area contributed by atoms with E-state index in [4.69, 9.17) is 9.47 Å². The molecule has 0 heterocycles. The molecule has 0 spiro atoms. The van der Waals surface area contributed by atoms with Crippen molar-refractivity contribution in [1.29, 1.82) is 0 Å². The fourth-order valence-corrected chi connectivity index (χ4v) is 1.48. The molecule has 0 aliphatic heterocycles. The summed E-state index contributed by atoms with van der Waals surface area (Å²) in [4.78, 5) is 0. The van der Waals surface area contributed by atoms with E-state index in [2.05, 4.69) is 41.5 Å². The topological polar surface area (TPSA) is 18.5 Å². The molecule has 0 aliphatic rings. The molecule has 0 atom stereocenters. The van der Waals surface area contributed by atoms with Crippen LogP contribution < -0.4 is 0 Å². The maximum absolute atomic E-state index is 5.89. The Morgan fingerprint density at radius 1 is 0.625 bits per heavy atom. The molecule has 2 nitrogen and oxygen atoms in total. The number of rotatable bonds is 9. The molecule has 0 N–H and O–H groups in total. The van der Waals surface area contributed by atoms with Gasteiger partial charge in [0.2, 0.25) is 0 Å². The average molecular weight is 230 g/mol. The summed E-state index contributed by atoms with van der Waals surface area (Å²) in [7, 11) is 0. The molecule has 0 unspecified atom stereocenters. The normalized spacial score (nSPS) is 13.1. The maximum Gasteiger partial charge on any atom is 0.0708 e. The van der Waals surface area contributed by atoms with Gasteiger partial charge in [-0.05, 0) is 39.5 Å². The van der Waals surface area contributed by atoms with Crippen LogP contribution in [0.5, 0.6) is 0 Å². The largest absolute Gasteiger partial charge is 0.373 e. The van der Waals surface area contributed by atoms with Gasteiger partial charge in [-0.15, -0.1) is 0 Å². The Labute approximate surface area is 102 Å². The highest BCUT2D eigenvalue weighted by Crippen LogP contribution is 2.21. The lowest BCUT2D eigenvalue weighted by Gasteiger charge is -2.30. The molecule has 0 aliphatic carbocycles. The summed E-state index contributed by atoms with van der Waals surface area (Å²) in [6, 6.07) is 0. The van der Waals surface area contributed by atoms with Crippen molar-refractivity contribution in [2.45, 2.75) is 78.4 Å². The Hall–Kier alpha value is -0.0800. The molecule has 2 heteroatoms. The van der Waals surface area contributed by atoms with E-state index in [9.17, 15) is 0 Å². The van der Waals surface area contributed by atoms with E-state index in [0.717, 1.165) is 25.7 Å². The van der Waals surface area contributed by atoms with Crippen molar-refractivity contribution in [2.24, 2.45) is 0 Å². The summed E-state index contributed by atoms with van der Waals surface area (Å²) < 4.78 is 11.8. The lowest BCUT2D eigenvalue weighted by atomic mass is 10.00. The predicted octanol–water partition coefficient (Wildman–Crippen LogP) is 4.18. The van der Waals surface area contributed by atoms with E-state index in [1.165, 1.54) is 0 Å². The molecule has 0 aromatic rings. The van der Waals surface area contributed by atoms with Crippen LogP contribution in [0.4, 0.5) is 0 Å². The van der Waals surface area contributed by atoms with Crippen LogP contribution in [0.15, 0.2) is 0 Å². The van der Waals surface area contributed by atoms with Crippen molar-refractivity contribution >= 4 is 0 Å². The third-order valence-electron chi connectivity index (χ3n) is 3.98. The monoisotopic (exact) mass is 230 g/mol. The van der Waals surface area contributed by atoms with Crippen molar-refractivity contribution in [2.75, 3.05) is 13.2 Å². The van der Waals surface area contributed by atoms with E-state index in [1.807, 2.05) is 0 Å². The summed E-state index contributed by atoms with van der Waals surface area (Å²) >= 11 is 0. The van der Waals surface area contributed by atoms with Crippen molar-refractivity contribution < 1.29 is 9.47 Å². The highest BCUT2D eigenvalue weighted by atomic mass is 16.5. The summed E-state index contributed by atoms with van der Waals surface area (Å²) in [5.41, 5.74) is 0.0520. The van der Waals surface area contributed by atoms with E-state index in [0.29, 0.717) is 13.2 Å². The molecule has 0 saturated heterocycles. The molecule has 0 bridgehead atoms. The zero-order valence-corrected chi connectivity index (χ0v) is 12.1. The number of hydrogen-bond donors (Lipinski definition) is 0. The molecule has 0 fully saturated rings. The van der Waals surface area contributed by atoms with E-state index < -0.39 is 0 Å². The van der Waals surface area contributed by atoms with E-state index in [-0.39, 0.29) is 11.2 Å².